The molecule has 0 saturated carbocycles. The SMILES string of the molecule is O=C(c1ccc(Br)cc1)N(Cc1ccccc1F)CC1CCCO1. The lowest BCUT2D eigenvalue weighted by atomic mass is 10.1. The maximum atomic E-state index is 14.0. The molecule has 0 N–H and O–H groups in total. The molecule has 1 unspecified atom stereocenters. The number of halogens is 2. The van der Waals surface area contributed by atoms with Crippen molar-refractivity contribution in [3.63, 3.8) is 0 Å². The first kappa shape index (κ1) is 17.1. The Kier molecular flexibility index (Phi) is 5.63. The quantitative estimate of drug-likeness (QED) is 0.755. The number of hydrogen-bond acceptors (Lipinski definition) is 2. The van der Waals surface area contributed by atoms with Crippen molar-refractivity contribution < 1.29 is 13.9 Å². The van der Waals surface area contributed by atoms with Crippen molar-refractivity contribution in [2.45, 2.75) is 25.5 Å². The molecule has 3 rings (SSSR count). The van der Waals surface area contributed by atoms with Crippen LogP contribution < -0.4 is 0 Å². The molecule has 0 radical (unpaired) electrons. The number of carbonyl (C=O) groups excluding carboxylic acids is 1. The lowest BCUT2D eigenvalue weighted by molar-refractivity contribution is 0.0505. The third-order valence-electron chi connectivity index (χ3n) is 4.15. The summed E-state index contributed by atoms with van der Waals surface area (Å²) in [6.45, 7) is 1.44. The molecule has 0 aliphatic carbocycles. The van der Waals surface area contributed by atoms with Crippen LogP contribution >= 0.6 is 15.9 Å². The van der Waals surface area contributed by atoms with E-state index in [0.29, 0.717) is 17.7 Å². The van der Waals surface area contributed by atoms with E-state index in [4.69, 9.17) is 4.74 Å². The molecule has 1 aliphatic rings. The van der Waals surface area contributed by atoms with Gasteiger partial charge >= 0.3 is 0 Å². The summed E-state index contributed by atoms with van der Waals surface area (Å²) >= 11 is 3.37. The van der Waals surface area contributed by atoms with E-state index in [-0.39, 0.29) is 24.4 Å². The van der Waals surface area contributed by atoms with Crippen LogP contribution in [0.2, 0.25) is 0 Å². The molecule has 2 aromatic rings. The average Bonchev–Trinajstić information content (AvgIpc) is 3.09. The van der Waals surface area contributed by atoms with Crippen LogP contribution in [0.5, 0.6) is 0 Å². The van der Waals surface area contributed by atoms with Gasteiger partial charge in [-0.1, -0.05) is 34.1 Å². The molecular formula is C19H19BrFNO2. The van der Waals surface area contributed by atoms with Crippen LogP contribution in [0.4, 0.5) is 4.39 Å². The fourth-order valence-electron chi connectivity index (χ4n) is 2.86. The van der Waals surface area contributed by atoms with Crippen LogP contribution in [-0.4, -0.2) is 30.1 Å². The zero-order valence-corrected chi connectivity index (χ0v) is 14.8. The number of ether oxygens (including phenoxy) is 1. The Morgan fingerprint density at radius 1 is 1.21 bits per heavy atom. The number of carbonyl (C=O) groups is 1. The second-order valence-corrected chi connectivity index (χ2v) is 6.83. The van der Waals surface area contributed by atoms with Crippen molar-refractivity contribution in [1.29, 1.82) is 0 Å². The van der Waals surface area contributed by atoms with Gasteiger partial charge in [-0.2, -0.15) is 0 Å². The number of hydrogen-bond donors (Lipinski definition) is 0. The lowest BCUT2D eigenvalue weighted by Gasteiger charge is -2.26. The minimum Gasteiger partial charge on any atom is -0.376 e. The molecule has 1 atom stereocenters. The monoisotopic (exact) mass is 391 g/mol. The zero-order chi connectivity index (χ0) is 16.9. The highest BCUT2D eigenvalue weighted by molar-refractivity contribution is 9.10. The molecule has 24 heavy (non-hydrogen) atoms. The lowest BCUT2D eigenvalue weighted by Crippen LogP contribution is -2.37. The Morgan fingerprint density at radius 2 is 1.96 bits per heavy atom. The van der Waals surface area contributed by atoms with Gasteiger partial charge in [0.05, 0.1) is 6.10 Å². The highest BCUT2D eigenvalue weighted by Gasteiger charge is 2.24. The number of nitrogens with zero attached hydrogens (tertiary/aromatic N) is 1. The van der Waals surface area contributed by atoms with Gasteiger partial charge in [-0.05, 0) is 43.2 Å². The third kappa shape index (κ3) is 4.22. The van der Waals surface area contributed by atoms with Gasteiger partial charge in [0.2, 0.25) is 0 Å². The van der Waals surface area contributed by atoms with E-state index >= 15 is 0 Å². The van der Waals surface area contributed by atoms with Gasteiger partial charge in [-0.3, -0.25) is 4.79 Å². The summed E-state index contributed by atoms with van der Waals surface area (Å²) in [6.07, 6.45) is 1.96. The molecule has 126 valence electrons. The summed E-state index contributed by atoms with van der Waals surface area (Å²) in [7, 11) is 0. The van der Waals surface area contributed by atoms with Gasteiger partial charge in [0.15, 0.2) is 0 Å². The van der Waals surface area contributed by atoms with Crippen LogP contribution in [0.25, 0.3) is 0 Å². The first-order valence-electron chi connectivity index (χ1n) is 8.03. The molecule has 0 bridgehead atoms. The fraction of sp³-hybridized carbons (Fsp3) is 0.316. The molecule has 1 heterocycles. The van der Waals surface area contributed by atoms with E-state index in [2.05, 4.69) is 15.9 Å². The first-order valence-corrected chi connectivity index (χ1v) is 8.82. The van der Waals surface area contributed by atoms with Gasteiger partial charge in [-0.25, -0.2) is 4.39 Å². The van der Waals surface area contributed by atoms with Crippen molar-refractivity contribution in [2.24, 2.45) is 0 Å². The summed E-state index contributed by atoms with van der Waals surface area (Å²) in [6, 6.07) is 13.8. The Hall–Kier alpha value is -1.72. The van der Waals surface area contributed by atoms with Gasteiger partial charge in [0.1, 0.15) is 5.82 Å². The van der Waals surface area contributed by atoms with Gasteiger partial charge < -0.3 is 9.64 Å². The molecule has 0 spiro atoms. The van der Waals surface area contributed by atoms with E-state index in [1.807, 2.05) is 12.1 Å². The molecule has 1 aliphatic heterocycles. The molecule has 1 amide bonds. The van der Waals surface area contributed by atoms with Crippen molar-refractivity contribution in [2.75, 3.05) is 13.2 Å². The van der Waals surface area contributed by atoms with Crippen LogP contribution in [-0.2, 0) is 11.3 Å². The van der Waals surface area contributed by atoms with Gasteiger partial charge in [-0.15, -0.1) is 0 Å². The summed E-state index contributed by atoms with van der Waals surface area (Å²) in [5.74, 6) is -0.403. The second-order valence-electron chi connectivity index (χ2n) is 5.92. The van der Waals surface area contributed by atoms with E-state index < -0.39 is 0 Å². The van der Waals surface area contributed by atoms with E-state index in [1.165, 1.54) is 6.07 Å². The zero-order valence-electron chi connectivity index (χ0n) is 13.3. The Balaban J connectivity index is 1.81. The standard InChI is InChI=1S/C19H19BrFNO2/c20-16-9-7-14(8-10-16)19(23)22(13-17-5-3-11-24-17)12-15-4-1-2-6-18(15)21/h1-2,4,6-10,17H,3,5,11-13H2. The average molecular weight is 392 g/mol. The minimum atomic E-state index is -0.293. The first-order chi connectivity index (χ1) is 11.6. The summed E-state index contributed by atoms with van der Waals surface area (Å²) in [5, 5.41) is 0. The maximum absolute atomic E-state index is 14.0. The van der Waals surface area contributed by atoms with Crippen molar-refractivity contribution in [3.05, 3.63) is 69.9 Å². The predicted molar refractivity (Wildman–Crippen MR) is 94.3 cm³/mol. The van der Waals surface area contributed by atoms with Gasteiger partial charge in [0.25, 0.3) is 5.91 Å². The smallest absolute Gasteiger partial charge is 0.254 e. The molecular weight excluding hydrogens is 373 g/mol. The summed E-state index contributed by atoms with van der Waals surface area (Å²) in [4.78, 5) is 14.6. The molecule has 0 aromatic heterocycles. The second kappa shape index (κ2) is 7.90. The number of benzene rings is 2. The van der Waals surface area contributed by atoms with Crippen LogP contribution in [0, 0.1) is 5.82 Å². The Morgan fingerprint density at radius 3 is 2.62 bits per heavy atom. The summed E-state index contributed by atoms with van der Waals surface area (Å²) < 4.78 is 20.6. The van der Waals surface area contributed by atoms with E-state index in [1.54, 1.807) is 35.2 Å². The van der Waals surface area contributed by atoms with Gasteiger partial charge in [0, 0.05) is 35.3 Å². The van der Waals surface area contributed by atoms with Crippen molar-refractivity contribution in [1.82, 2.24) is 4.90 Å². The van der Waals surface area contributed by atoms with E-state index in [0.717, 1.165) is 23.9 Å². The molecule has 1 fully saturated rings. The molecule has 5 heteroatoms. The summed E-state index contributed by atoms with van der Waals surface area (Å²) in [5.41, 5.74) is 1.11. The molecule has 2 aromatic carbocycles. The fourth-order valence-corrected chi connectivity index (χ4v) is 3.13. The predicted octanol–water partition coefficient (Wildman–Crippen LogP) is 4.41. The highest BCUT2D eigenvalue weighted by Crippen LogP contribution is 2.19. The molecule has 3 nitrogen and oxygen atoms in total. The third-order valence-corrected chi connectivity index (χ3v) is 4.67. The van der Waals surface area contributed by atoms with Crippen LogP contribution in [0.1, 0.15) is 28.8 Å². The maximum Gasteiger partial charge on any atom is 0.254 e. The Bertz CT molecular complexity index is 699. The normalized spacial score (nSPS) is 17.0. The van der Waals surface area contributed by atoms with Crippen LogP contribution in [0.15, 0.2) is 53.0 Å². The topological polar surface area (TPSA) is 29.5 Å². The highest BCUT2D eigenvalue weighted by atomic mass is 79.9. The van der Waals surface area contributed by atoms with Crippen LogP contribution in [0.3, 0.4) is 0 Å². The van der Waals surface area contributed by atoms with Crippen molar-refractivity contribution in [3.8, 4) is 0 Å². The largest absolute Gasteiger partial charge is 0.376 e. The van der Waals surface area contributed by atoms with Crippen molar-refractivity contribution >= 4 is 21.8 Å². The minimum absolute atomic E-state index is 0.0242. The number of amides is 1. The number of rotatable bonds is 5. The van der Waals surface area contributed by atoms with E-state index in [9.17, 15) is 9.18 Å². The Labute approximate surface area is 149 Å². The molecule has 1 saturated heterocycles.